The van der Waals surface area contributed by atoms with E-state index in [4.69, 9.17) is 17.3 Å². The molecule has 1 aromatic carbocycles. The zero-order valence-corrected chi connectivity index (χ0v) is 11.8. The number of piperidine rings is 1. The van der Waals surface area contributed by atoms with Crippen LogP contribution in [-0.4, -0.2) is 24.0 Å². The van der Waals surface area contributed by atoms with Gasteiger partial charge in [-0.25, -0.2) is 4.98 Å². The molecule has 3 rings (SSSR count). The molecule has 0 atom stereocenters. The lowest BCUT2D eigenvalue weighted by molar-refractivity contribution is -0.122. The fourth-order valence-electron chi connectivity index (χ4n) is 2.70. The summed E-state index contributed by atoms with van der Waals surface area (Å²) in [6.07, 6.45) is 1.56. The number of benzene rings is 1. The molecule has 0 saturated carbocycles. The molecule has 5 heteroatoms. The summed E-state index contributed by atoms with van der Waals surface area (Å²) in [7, 11) is 0. The Kier molecular flexibility index (Phi) is 3.49. The fourth-order valence-corrected chi connectivity index (χ4v) is 2.96. The van der Waals surface area contributed by atoms with Gasteiger partial charge in [-0.2, -0.15) is 0 Å². The predicted octanol–water partition coefficient (Wildman–Crippen LogP) is 2.59. The number of aromatic nitrogens is 1. The van der Waals surface area contributed by atoms with Gasteiger partial charge < -0.3 is 10.6 Å². The summed E-state index contributed by atoms with van der Waals surface area (Å²) < 4.78 is 0. The largest absolute Gasteiger partial charge is 0.369 e. The lowest BCUT2D eigenvalue weighted by atomic mass is 9.96. The molecular weight excluding hydrogens is 274 g/mol. The van der Waals surface area contributed by atoms with Gasteiger partial charge in [0.05, 0.1) is 0 Å². The third-order valence-corrected chi connectivity index (χ3v) is 4.19. The van der Waals surface area contributed by atoms with Crippen molar-refractivity contribution in [3.63, 3.8) is 0 Å². The number of hydrogen-bond donors (Lipinski definition) is 1. The van der Waals surface area contributed by atoms with Crippen molar-refractivity contribution in [1.82, 2.24) is 4.98 Å². The summed E-state index contributed by atoms with van der Waals surface area (Å²) in [6.45, 7) is 1.57. The van der Waals surface area contributed by atoms with E-state index in [1.54, 1.807) is 0 Å². The van der Waals surface area contributed by atoms with Gasteiger partial charge in [-0.1, -0.05) is 35.9 Å². The Balaban J connectivity index is 1.86. The zero-order chi connectivity index (χ0) is 14.1. The van der Waals surface area contributed by atoms with Crippen LogP contribution in [-0.2, 0) is 4.79 Å². The molecule has 20 heavy (non-hydrogen) atoms. The van der Waals surface area contributed by atoms with E-state index in [0.717, 1.165) is 42.5 Å². The molecular formula is C15H16ClN3O. The molecule has 1 amide bonds. The van der Waals surface area contributed by atoms with Gasteiger partial charge in [-0.05, 0) is 24.3 Å². The summed E-state index contributed by atoms with van der Waals surface area (Å²) in [5, 5.41) is 2.57. The Morgan fingerprint density at radius 3 is 2.70 bits per heavy atom. The number of fused-ring (bicyclic) bond motifs is 1. The Morgan fingerprint density at radius 2 is 2.00 bits per heavy atom. The van der Waals surface area contributed by atoms with Crippen LogP contribution in [0.15, 0.2) is 30.3 Å². The maximum Gasteiger partial charge on any atom is 0.220 e. The van der Waals surface area contributed by atoms with Crippen LogP contribution in [0.4, 0.5) is 5.82 Å². The van der Waals surface area contributed by atoms with Crippen LogP contribution in [0.1, 0.15) is 12.8 Å². The van der Waals surface area contributed by atoms with Crippen LogP contribution < -0.4 is 10.6 Å². The van der Waals surface area contributed by atoms with Crippen molar-refractivity contribution < 1.29 is 4.79 Å². The van der Waals surface area contributed by atoms with E-state index < -0.39 is 0 Å². The Bertz CT molecular complexity index is 651. The van der Waals surface area contributed by atoms with Gasteiger partial charge in [0.1, 0.15) is 11.0 Å². The molecule has 0 spiro atoms. The van der Waals surface area contributed by atoms with Crippen molar-refractivity contribution in [2.75, 3.05) is 18.0 Å². The Labute approximate surface area is 122 Å². The van der Waals surface area contributed by atoms with Crippen LogP contribution >= 0.6 is 11.6 Å². The highest BCUT2D eigenvalue weighted by Gasteiger charge is 2.24. The quantitative estimate of drug-likeness (QED) is 0.865. The number of rotatable bonds is 2. The van der Waals surface area contributed by atoms with E-state index in [-0.39, 0.29) is 11.8 Å². The van der Waals surface area contributed by atoms with E-state index >= 15 is 0 Å². The van der Waals surface area contributed by atoms with Gasteiger partial charge in [0.2, 0.25) is 5.91 Å². The number of anilines is 1. The molecule has 0 bridgehead atoms. The first kappa shape index (κ1) is 13.2. The highest BCUT2D eigenvalue weighted by atomic mass is 35.5. The van der Waals surface area contributed by atoms with Crippen LogP contribution in [0.3, 0.4) is 0 Å². The van der Waals surface area contributed by atoms with Crippen LogP contribution in [0, 0.1) is 5.92 Å². The molecule has 4 nitrogen and oxygen atoms in total. The lowest BCUT2D eigenvalue weighted by Gasteiger charge is -2.31. The molecule has 0 unspecified atom stereocenters. The van der Waals surface area contributed by atoms with Gasteiger partial charge in [-0.3, -0.25) is 4.79 Å². The summed E-state index contributed by atoms with van der Waals surface area (Å²) in [5.74, 6) is 0.660. The molecule has 1 aromatic heterocycles. The Morgan fingerprint density at radius 1 is 1.30 bits per heavy atom. The second kappa shape index (κ2) is 5.29. The average molecular weight is 290 g/mol. The molecule has 2 heterocycles. The molecule has 0 radical (unpaired) electrons. The number of amides is 1. The van der Waals surface area contributed by atoms with E-state index in [0.29, 0.717) is 5.15 Å². The van der Waals surface area contributed by atoms with Crippen molar-refractivity contribution >= 4 is 34.1 Å². The summed E-state index contributed by atoms with van der Waals surface area (Å²) in [6, 6.07) is 9.98. The predicted molar refractivity (Wildman–Crippen MR) is 80.9 cm³/mol. The van der Waals surface area contributed by atoms with E-state index in [2.05, 4.69) is 9.88 Å². The maximum atomic E-state index is 11.2. The van der Waals surface area contributed by atoms with Gasteiger partial charge >= 0.3 is 0 Å². The van der Waals surface area contributed by atoms with E-state index in [1.807, 2.05) is 30.3 Å². The zero-order valence-electron chi connectivity index (χ0n) is 11.1. The maximum absolute atomic E-state index is 11.2. The van der Waals surface area contributed by atoms with Crippen LogP contribution in [0.25, 0.3) is 10.8 Å². The third kappa shape index (κ3) is 2.43. The van der Waals surface area contributed by atoms with E-state index in [9.17, 15) is 4.79 Å². The van der Waals surface area contributed by atoms with E-state index in [1.165, 1.54) is 0 Å². The normalized spacial score (nSPS) is 16.6. The smallest absolute Gasteiger partial charge is 0.220 e. The van der Waals surface area contributed by atoms with Crippen LogP contribution in [0.2, 0.25) is 5.15 Å². The highest BCUT2D eigenvalue weighted by Crippen LogP contribution is 2.28. The number of pyridine rings is 1. The molecule has 1 aliphatic heterocycles. The van der Waals surface area contributed by atoms with Gasteiger partial charge in [-0.15, -0.1) is 0 Å². The lowest BCUT2D eigenvalue weighted by Crippen LogP contribution is -2.38. The second-order valence-electron chi connectivity index (χ2n) is 5.16. The number of halogens is 1. The van der Waals surface area contributed by atoms with Gasteiger partial charge in [0.25, 0.3) is 0 Å². The van der Waals surface area contributed by atoms with Crippen molar-refractivity contribution in [2.24, 2.45) is 11.7 Å². The molecule has 1 aliphatic rings. The van der Waals surface area contributed by atoms with Gasteiger partial charge in [0.15, 0.2) is 0 Å². The SMILES string of the molecule is NC(=O)C1CCN(c2cc3ccccc3c(Cl)n2)CC1. The Hall–Kier alpha value is -1.81. The van der Waals surface area contributed by atoms with Crippen LogP contribution in [0.5, 0.6) is 0 Å². The molecule has 0 aliphatic carbocycles. The van der Waals surface area contributed by atoms with Crippen molar-refractivity contribution in [2.45, 2.75) is 12.8 Å². The topological polar surface area (TPSA) is 59.2 Å². The summed E-state index contributed by atoms with van der Waals surface area (Å²) >= 11 is 6.25. The molecule has 1 saturated heterocycles. The first-order valence-corrected chi connectivity index (χ1v) is 7.12. The van der Waals surface area contributed by atoms with Gasteiger partial charge in [0, 0.05) is 24.4 Å². The minimum Gasteiger partial charge on any atom is -0.369 e. The standard InChI is InChI=1S/C15H16ClN3O/c16-14-12-4-2-1-3-11(12)9-13(18-14)19-7-5-10(6-8-19)15(17)20/h1-4,9-10H,5-8H2,(H2,17,20). The third-order valence-electron chi connectivity index (χ3n) is 3.90. The number of hydrogen-bond acceptors (Lipinski definition) is 3. The molecule has 104 valence electrons. The number of carbonyl (C=O) groups excluding carboxylic acids is 1. The minimum absolute atomic E-state index is 0.0119. The first-order valence-electron chi connectivity index (χ1n) is 6.74. The van der Waals surface area contributed by atoms with Crippen molar-refractivity contribution in [1.29, 1.82) is 0 Å². The number of nitrogens with two attached hydrogens (primary N) is 1. The summed E-state index contributed by atoms with van der Waals surface area (Å²) in [5.41, 5.74) is 5.36. The second-order valence-corrected chi connectivity index (χ2v) is 5.51. The number of nitrogens with zero attached hydrogens (tertiary/aromatic N) is 2. The van der Waals surface area contributed by atoms with Crippen molar-refractivity contribution in [3.05, 3.63) is 35.5 Å². The molecule has 1 fully saturated rings. The number of primary amides is 1. The fraction of sp³-hybridized carbons (Fsp3) is 0.333. The summed E-state index contributed by atoms with van der Waals surface area (Å²) in [4.78, 5) is 17.8. The monoisotopic (exact) mass is 289 g/mol. The average Bonchev–Trinajstić information content (AvgIpc) is 2.47. The van der Waals surface area contributed by atoms with Crippen molar-refractivity contribution in [3.8, 4) is 0 Å². The molecule has 2 N–H and O–H groups in total. The highest BCUT2D eigenvalue weighted by molar-refractivity contribution is 6.34. The first-order chi connectivity index (χ1) is 9.65. The minimum atomic E-state index is -0.200. The number of carbonyl (C=O) groups is 1. The molecule has 2 aromatic rings.